The summed E-state index contributed by atoms with van der Waals surface area (Å²) in [4.78, 5) is 29.0. The quantitative estimate of drug-likeness (QED) is 0.210. The molecular weight excluding hydrogens is 538 g/mol. The molecule has 2 aromatic heterocycles. The lowest BCUT2D eigenvalue weighted by molar-refractivity contribution is -0.140. The van der Waals surface area contributed by atoms with Crippen LogP contribution in [0.1, 0.15) is 37.0 Å². The van der Waals surface area contributed by atoms with Crippen molar-refractivity contribution in [2.75, 3.05) is 5.32 Å². The van der Waals surface area contributed by atoms with Crippen LogP contribution in [0.4, 0.5) is 10.5 Å². The highest BCUT2D eigenvalue weighted by Crippen LogP contribution is 2.49. The predicted molar refractivity (Wildman–Crippen MR) is 149 cm³/mol. The molecule has 3 aromatic carbocycles. The van der Waals surface area contributed by atoms with E-state index in [0.717, 1.165) is 32.5 Å². The zero-order chi connectivity index (χ0) is 27.1. The highest BCUT2D eigenvalue weighted by Gasteiger charge is 2.51. The van der Waals surface area contributed by atoms with Crippen LogP contribution in [0.5, 0.6) is 0 Å². The Labute approximate surface area is 232 Å². The molecule has 1 amide bonds. The van der Waals surface area contributed by atoms with Gasteiger partial charge >= 0.3 is 12.1 Å². The van der Waals surface area contributed by atoms with Crippen LogP contribution >= 0.6 is 22.9 Å². The average Bonchev–Trinajstić information content (AvgIpc) is 3.38. The maximum Gasteiger partial charge on any atom is 0.412 e. The Hall–Kier alpha value is -4.21. The first-order valence-corrected chi connectivity index (χ1v) is 13.5. The third-order valence-electron chi connectivity index (χ3n) is 7.07. The van der Waals surface area contributed by atoms with Crippen LogP contribution in [-0.4, -0.2) is 27.3 Å². The second-order valence-electron chi connectivity index (χ2n) is 9.42. The van der Waals surface area contributed by atoms with Gasteiger partial charge in [0.1, 0.15) is 11.8 Å². The minimum absolute atomic E-state index is 0.363. The molecule has 6 rings (SSSR count). The van der Waals surface area contributed by atoms with Gasteiger partial charge in [0.2, 0.25) is 0 Å². The van der Waals surface area contributed by atoms with Gasteiger partial charge < -0.3 is 14.4 Å². The number of thiazole rings is 1. The number of ether oxygens (including phenoxy) is 1. The molecule has 2 heterocycles. The second-order valence-corrected chi connectivity index (χ2v) is 10.7. The molecule has 2 N–H and O–H groups in total. The van der Waals surface area contributed by atoms with E-state index >= 15 is 0 Å². The minimum Gasteiger partial charge on any atom is -0.481 e. The summed E-state index contributed by atoms with van der Waals surface area (Å²) < 4.78 is 11.9. The summed E-state index contributed by atoms with van der Waals surface area (Å²) >= 11 is 7.67. The van der Waals surface area contributed by atoms with Crippen molar-refractivity contribution in [3.05, 3.63) is 88.5 Å². The fourth-order valence-corrected chi connectivity index (χ4v) is 5.89. The van der Waals surface area contributed by atoms with Crippen LogP contribution < -0.4 is 5.32 Å². The Bertz CT molecular complexity index is 1710. The molecule has 0 saturated heterocycles. The number of amides is 1. The van der Waals surface area contributed by atoms with E-state index in [-0.39, 0.29) is 0 Å². The highest BCUT2D eigenvalue weighted by molar-refractivity contribution is 7.17. The van der Waals surface area contributed by atoms with E-state index in [1.54, 1.807) is 24.6 Å². The molecule has 5 aromatic rings. The zero-order valence-electron chi connectivity index (χ0n) is 20.7. The van der Waals surface area contributed by atoms with E-state index in [9.17, 15) is 14.7 Å². The van der Waals surface area contributed by atoms with Crippen molar-refractivity contribution in [2.24, 2.45) is 0 Å². The number of carboxylic acids is 1. The van der Waals surface area contributed by atoms with E-state index in [0.29, 0.717) is 34.9 Å². The normalized spacial score (nSPS) is 14.6. The number of carbonyl (C=O) groups is 2. The Morgan fingerprint density at radius 3 is 2.56 bits per heavy atom. The van der Waals surface area contributed by atoms with E-state index in [1.165, 1.54) is 17.5 Å². The second kappa shape index (κ2) is 9.83. The van der Waals surface area contributed by atoms with E-state index in [2.05, 4.69) is 15.5 Å². The molecule has 1 fully saturated rings. The van der Waals surface area contributed by atoms with Gasteiger partial charge in [-0.25, -0.2) is 9.78 Å². The van der Waals surface area contributed by atoms with Crippen LogP contribution in [0.15, 0.2) is 76.9 Å². The molecule has 10 heteroatoms. The number of aliphatic carboxylic acids is 1. The van der Waals surface area contributed by atoms with Crippen molar-refractivity contribution in [3.63, 3.8) is 0 Å². The molecule has 0 aliphatic heterocycles. The van der Waals surface area contributed by atoms with Gasteiger partial charge in [0.25, 0.3) is 0 Å². The number of benzene rings is 3. The van der Waals surface area contributed by atoms with Crippen molar-refractivity contribution in [2.45, 2.75) is 31.3 Å². The first kappa shape index (κ1) is 25.1. The minimum atomic E-state index is -0.778. The largest absolute Gasteiger partial charge is 0.481 e. The number of fused-ring (bicyclic) bond motifs is 1. The SMILES string of the molecule is CC(OC(=O)Nc1cnoc1-c1ccc(-c2ccc(C3(C(=O)O)CC3)cc2)c2ncsc12)c1ccccc1Cl. The summed E-state index contributed by atoms with van der Waals surface area (Å²) in [5.41, 5.74) is 6.20. The van der Waals surface area contributed by atoms with Gasteiger partial charge in [0.15, 0.2) is 5.76 Å². The first-order chi connectivity index (χ1) is 18.9. The number of carbonyl (C=O) groups excluding carboxylic acids is 1. The van der Waals surface area contributed by atoms with Crippen molar-refractivity contribution in [1.82, 2.24) is 10.1 Å². The first-order valence-electron chi connectivity index (χ1n) is 12.2. The number of rotatable bonds is 7. The average molecular weight is 560 g/mol. The number of nitrogens with zero attached hydrogens (tertiary/aromatic N) is 2. The lowest BCUT2D eigenvalue weighted by atomic mass is 9.93. The topological polar surface area (TPSA) is 115 Å². The molecule has 1 aliphatic carbocycles. The fourth-order valence-electron chi connectivity index (χ4n) is 4.77. The van der Waals surface area contributed by atoms with Gasteiger partial charge in [-0.2, -0.15) is 0 Å². The maximum atomic E-state index is 12.7. The summed E-state index contributed by atoms with van der Waals surface area (Å²) in [6.45, 7) is 1.74. The Morgan fingerprint density at radius 1 is 1.10 bits per heavy atom. The molecular formula is C29H22ClN3O5S. The Balaban J connectivity index is 1.26. The van der Waals surface area contributed by atoms with Crippen molar-refractivity contribution in [1.29, 1.82) is 0 Å². The lowest BCUT2D eigenvalue weighted by Crippen LogP contribution is -2.19. The molecule has 8 nitrogen and oxygen atoms in total. The number of nitrogens with one attached hydrogen (secondary N) is 1. The molecule has 0 spiro atoms. The summed E-state index contributed by atoms with van der Waals surface area (Å²) in [7, 11) is 0. The van der Waals surface area contributed by atoms with Gasteiger partial charge in [0, 0.05) is 21.7 Å². The smallest absolute Gasteiger partial charge is 0.412 e. The maximum absolute atomic E-state index is 12.7. The van der Waals surface area contributed by atoms with Crippen molar-refractivity contribution in [3.8, 4) is 22.5 Å². The lowest BCUT2D eigenvalue weighted by Gasteiger charge is -2.15. The van der Waals surface area contributed by atoms with E-state index in [1.807, 2.05) is 48.5 Å². The summed E-state index contributed by atoms with van der Waals surface area (Å²) in [5.74, 6) is -0.397. The number of hydrogen-bond acceptors (Lipinski definition) is 7. The Morgan fingerprint density at radius 2 is 1.85 bits per heavy atom. The summed E-state index contributed by atoms with van der Waals surface area (Å²) in [6, 6.07) is 18.6. The van der Waals surface area contributed by atoms with Gasteiger partial charge in [-0.05, 0) is 43.0 Å². The summed E-state index contributed by atoms with van der Waals surface area (Å²) in [5, 5.41) is 16.7. The van der Waals surface area contributed by atoms with Crippen LogP contribution in [0.25, 0.3) is 32.7 Å². The molecule has 39 heavy (non-hydrogen) atoms. The van der Waals surface area contributed by atoms with Crippen LogP contribution in [0.3, 0.4) is 0 Å². The van der Waals surface area contributed by atoms with Gasteiger partial charge in [-0.1, -0.05) is 65.3 Å². The van der Waals surface area contributed by atoms with Crippen LogP contribution in [0.2, 0.25) is 5.02 Å². The molecule has 196 valence electrons. The standard InChI is InChI=1S/C29H22ClN3O5S/c1-16(19-4-2-3-5-22(19)30)37-28(36)33-23-14-32-38-25(23)21-11-10-20(24-26(21)39-15-31-24)17-6-8-18(9-7-17)29(12-13-29)27(34)35/h2-11,14-16H,12-13H2,1H3,(H,33,36)(H,34,35). The number of anilines is 1. The van der Waals surface area contributed by atoms with E-state index < -0.39 is 23.6 Å². The molecule has 1 atom stereocenters. The number of hydrogen-bond donors (Lipinski definition) is 2. The molecule has 1 aliphatic rings. The van der Waals surface area contributed by atoms with Crippen LogP contribution in [0, 0.1) is 0 Å². The number of carboxylic acid groups (broad SMARTS) is 1. The molecule has 0 bridgehead atoms. The van der Waals surface area contributed by atoms with Crippen molar-refractivity contribution < 1.29 is 24.0 Å². The summed E-state index contributed by atoms with van der Waals surface area (Å²) in [6.07, 6.45) is 1.51. The highest BCUT2D eigenvalue weighted by atomic mass is 35.5. The third kappa shape index (κ3) is 4.53. The Kier molecular flexibility index (Phi) is 6.32. The molecule has 1 saturated carbocycles. The number of halogens is 1. The van der Waals surface area contributed by atoms with Gasteiger partial charge in [0.05, 0.1) is 27.3 Å². The molecule has 1 unspecified atom stereocenters. The van der Waals surface area contributed by atoms with Gasteiger partial charge in [-0.15, -0.1) is 11.3 Å². The monoisotopic (exact) mass is 559 g/mol. The van der Waals surface area contributed by atoms with Crippen LogP contribution in [-0.2, 0) is 14.9 Å². The molecule has 0 radical (unpaired) electrons. The van der Waals surface area contributed by atoms with Gasteiger partial charge in [-0.3, -0.25) is 10.1 Å². The van der Waals surface area contributed by atoms with E-state index in [4.69, 9.17) is 20.9 Å². The van der Waals surface area contributed by atoms with Crippen molar-refractivity contribution >= 4 is 50.9 Å². The number of aromatic nitrogens is 2. The zero-order valence-corrected chi connectivity index (χ0v) is 22.3. The fraction of sp³-hybridized carbons (Fsp3) is 0.172. The predicted octanol–water partition coefficient (Wildman–Crippen LogP) is 7.70. The third-order valence-corrected chi connectivity index (χ3v) is 8.27.